The Morgan fingerprint density at radius 2 is 1.85 bits per heavy atom. The van der Waals surface area contributed by atoms with E-state index in [0.717, 1.165) is 36.9 Å². The van der Waals surface area contributed by atoms with Crippen LogP contribution in [-0.4, -0.2) is 22.8 Å². The molecule has 5 heteroatoms. The number of benzene rings is 1. The predicted octanol–water partition coefficient (Wildman–Crippen LogP) is 4.47. The highest BCUT2D eigenvalue weighted by atomic mass is 19.1. The van der Waals surface area contributed by atoms with Gasteiger partial charge in [-0.15, -0.1) is 0 Å². The van der Waals surface area contributed by atoms with Crippen molar-refractivity contribution in [1.29, 1.82) is 0 Å². The van der Waals surface area contributed by atoms with Crippen molar-refractivity contribution in [1.82, 2.24) is 4.98 Å². The Kier molecular flexibility index (Phi) is 4.39. The number of nitrogens with one attached hydrogen (secondary N) is 1. The zero-order chi connectivity index (χ0) is 18.3. The average molecular weight is 355 g/mol. The van der Waals surface area contributed by atoms with E-state index in [4.69, 9.17) is 4.74 Å². The second-order valence-electron chi connectivity index (χ2n) is 7.37. The largest absolute Gasteiger partial charge is 0.458 e. The first-order valence-electron chi connectivity index (χ1n) is 9.24. The van der Waals surface area contributed by atoms with Crippen molar-refractivity contribution in [2.75, 3.05) is 0 Å². The summed E-state index contributed by atoms with van der Waals surface area (Å²) < 4.78 is 18.7. The maximum absolute atomic E-state index is 13.2. The number of aromatic amines is 1. The number of hydrogen-bond acceptors (Lipinski definition) is 3. The SMILES string of the molecule is Cc1c(C(=O)OC2CCCC2)[nH]c2c1C(=O)CC(c1ccc(F)cc1)C2. The van der Waals surface area contributed by atoms with Crippen molar-refractivity contribution in [2.24, 2.45) is 0 Å². The number of carbonyl (C=O) groups is 2. The van der Waals surface area contributed by atoms with E-state index in [1.807, 2.05) is 0 Å². The fourth-order valence-electron chi connectivity index (χ4n) is 4.22. The van der Waals surface area contributed by atoms with Crippen molar-refractivity contribution in [3.05, 3.63) is 58.2 Å². The minimum Gasteiger partial charge on any atom is -0.458 e. The Hall–Kier alpha value is -2.43. The summed E-state index contributed by atoms with van der Waals surface area (Å²) in [5.41, 5.74) is 3.43. The monoisotopic (exact) mass is 355 g/mol. The molecule has 2 aliphatic carbocycles. The first kappa shape index (κ1) is 17.0. The molecule has 1 aromatic heterocycles. The minimum atomic E-state index is -0.366. The molecule has 4 rings (SSSR count). The number of fused-ring (bicyclic) bond motifs is 1. The molecule has 0 amide bonds. The molecule has 4 nitrogen and oxygen atoms in total. The zero-order valence-corrected chi connectivity index (χ0v) is 14.8. The average Bonchev–Trinajstić information content (AvgIpc) is 3.23. The number of esters is 1. The number of ether oxygens (including phenoxy) is 1. The number of aromatic nitrogens is 1. The third-order valence-electron chi connectivity index (χ3n) is 5.61. The van der Waals surface area contributed by atoms with Gasteiger partial charge in [-0.05, 0) is 68.2 Å². The normalized spacial score (nSPS) is 20.2. The van der Waals surface area contributed by atoms with Gasteiger partial charge in [-0.25, -0.2) is 9.18 Å². The number of H-pyrrole nitrogens is 1. The highest BCUT2D eigenvalue weighted by molar-refractivity contribution is 6.03. The van der Waals surface area contributed by atoms with E-state index in [2.05, 4.69) is 4.98 Å². The molecule has 1 fully saturated rings. The van der Waals surface area contributed by atoms with E-state index in [0.29, 0.717) is 29.7 Å². The van der Waals surface area contributed by atoms with Crippen LogP contribution in [0.5, 0.6) is 0 Å². The van der Waals surface area contributed by atoms with Gasteiger partial charge in [0.25, 0.3) is 0 Å². The van der Waals surface area contributed by atoms with Crippen molar-refractivity contribution in [3.8, 4) is 0 Å². The standard InChI is InChI=1S/C21H22FNO3/c1-12-19-17(23-20(12)21(25)26-16-4-2-3-5-16)10-14(11-18(19)24)13-6-8-15(22)9-7-13/h6-9,14,16,23H,2-5,10-11H2,1H3. The molecule has 1 unspecified atom stereocenters. The summed E-state index contributed by atoms with van der Waals surface area (Å²) in [4.78, 5) is 28.4. The Bertz CT molecular complexity index is 847. The summed E-state index contributed by atoms with van der Waals surface area (Å²) in [6.07, 6.45) is 5.00. The van der Waals surface area contributed by atoms with Crippen LogP contribution in [0.1, 0.15) is 75.7 Å². The van der Waals surface area contributed by atoms with Gasteiger partial charge in [0.05, 0.1) is 0 Å². The second kappa shape index (κ2) is 6.71. The molecule has 2 aromatic rings. The number of ketones is 1. The quantitative estimate of drug-likeness (QED) is 0.826. The van der Waals surface area contributed by atoms with Gasteiger partial charge in [-0.1, -0.05) is 12.1 Å². The van der Waals surface area contributed by atoms with Gasteiger partial charge in [0.2, 0.25) is 0 Å². The van der Waals surface area contributed by atoms with Crippen LogP contribution in [-0.2, 0) is 11.2 Å². The molecule has 1 saturated carbocycles. The maximum atomic E-state index is 13.2. The van der Waals surface area contributed by atoms with E-state index >= 15 is 0 Å². The molecule has 1 atom stereocenters. The number of Topliss-reactive ketones (excluding diaryl/α,β-unsaturated/α-hetero) is 1. The summed E-state index contributed by atoms with van der Waals surface area (Å²) in [5, 5.41) is 0. The number of carbonyl (C=O) groups excluding carboxylic acids is 2. The van der Waals surface area contributed by atoms with Gasteiger partial charge in [0, 0.05) is 17.7 Å². The third-order valence-corrected chi connectivity index (χ3v) is 5.61. The van der Waals surface area contributed by atoms with Crippen molar-refractivity contribution in [2.45, 2.75) is 57.5 Å². The van der Waals surface area contributed by atoms with Crippen LogP contribution in [0, 0.1) is 12.7 Å². The summed E-state index contributed by atoms with van der Waals surface area (Å²) in [7, 11) is 0. The Morgan fingerprint density at radius 3 is 2.54 bits per heavy atom. The second-order valence-corrected chi connectivity index (χ2v) is 7.37. The van der Waals surface area contributed by atoms with Gasteiger partial charge >= 0.3 is 5.97 Å². The van der Waals surface area contributed by atoms with Crippen molar-refractivity contribution < 1.29 is 18.7 Å². The van der Waals surface area contributed by atoms with Gasteiger partial charge < -0.3 is 9.72 Å². The minimum absolute atomic E-state index is 0.00708. The lowest BCUT2D eigenvalue weighted by molar-refractivity contribution is 0.0310. The molecule has 0 bridgehead atoms. The molecular formula is C21H22FNO3. The van der Waals surface area contributed by atoms with Crippen LogP contribution in [0.4, 0.5) is 4.39 Å². The Balaban J connectivity index is 1.59. The summed E-state index contributed by atoms with van der Waals surface area (Å²) >= 11 is 0. The smallest absolute Gasteiger partial charge is 0.355 e. The lowest BCUT2D eigenvalue weighted by Crippen LogP contribution is -2.18. The van der Waals surface area contributed by atoms with Crippen LogP contribution in [0.2, 0.25) is 0 Å². The molecule has 0 aliphatic heterocycles. The summed E-state index contributed by atoms with van der Waals surface area (Å²) in [6.45, 7) is 1.80. The topological polar surface area (TPSA) is 59.2 Å². The molecule has 1 heterocycles. The summed E-state index contributed by atoms with van der Waals surface area (Å²) in [5.74, 6) is -0.638. The van der Waals surface area contributed by atoms with Crippen molar-refractivity contribution >= 4 is 11.8 Å². The van der Waals surface area contributed by atoms with Gasteiger partial charge in [0.15, 0.2) is 5.78 Å². The first-order chi connectivity index (χ1) is 12.5. The predicted molar refractivity (Wildman–Crippen MR) is 95.0 cm³/mol. The molecule has 0 spiro atoms. The van der Waals surface area contributed by atoms with Gasteiger partial charge in [0.1, 0.15) is 17.6 Å². The molecular weight excluding hydrogens is 333 g/mol. The Labute approximate surface area is 151 Å². The molecule has 1 N–H and O–H groups in total. The number of halogens is 1. The van der Waals surface area contributed by atoms with E-state index in [1.165, 1.54) is 12.1 Å². The van der Waals surface area contributed by atoms with Crippen LogP contribution in [0.25, 0.3) is 0 Å². The molecule has 26 heavy (non-hydrogen) atoms. The lowest BCUT2D eigenvalue weighted by Gasteiger charge is -2.22. The highest BCUT2D eigenvalue weighted by Crippen LogP contribution is 2.35. The highest BCUT2D eigenvalue weighted by Gasteiger charge is 2.33. The molecule has 2 aliphatic rings. The van der Waals surface area contributed by atoms with Crippen molar-refractivity contribution in [3.63, 3.8) is 0 Å². The van der Waals surface area contributed by atoms with Crippen LogP contribution >= 0.6 is 0 Å². The lowest BCUT2D eigenvalue weighted by atomic mass is 9.81. The van der Waals surface area contributed by atoms with Gasteiger partial charge in [-0.2, -0.15) is 0 Å². The van der Waals surface area contributed by atoms with Gasteiger partial charge in [-0.3, -0.25) is 4.79 Å². The zero-order valence-electron chi connectivity index (χ0n) is 14.8. The van der Waals surface area contributed by atoms with Crippen LogP contribution in [0.15, 0.2) is 24.3 Å². The summed E-state index contributed by atoms with van der Waals surface area (Å²) in [6, 6.07) is 6.28. The van der Waals surface area contributed by atoms with E-state index in [9.17, 15) is 14.0 Å². The maximum Gasteiger partial charge on any atom is 0.355 e. The van der Waals surface area contributed by atoms with Crippen LogP contribution < -0.4 is 0 Å². The fraction of sp³-hybridized carbons (Fsp3) is 0.429. The van der Waals surface area contributed by atoms with E-state index in [1.54, 1.807) is 19.1 Å². The molecule has 136 valence electrons. The third kappa shape index (κ3) is 3.06. The number of rotatable bonds is 3. The fourth-order valence-corrected chi connectivity index (χ4v) is 4.22. The first-order valence-corrected chi connectivity index (χ1v) is 9.24. The molecule has 0 radical (unpaired) electrons. The van der Waals surface area contributed by atoms with E-state index in [-0.39, 0.29) is 29.6 Å². The van der Waals surface area contributed by atoms with E-state index < -0.39 is 0 Å². The number of hydrogen-bond donors (Lipinski definition) is 1. The molecule has 0 saturated heterocycles. The Morgan fingerprint density at radius 1 is 1.15 bits per heavy atom. The molecule has 1 aromatic carbocycles. The van der Waals surface area contributed by atoms with Crippen LogP contribution in [0.3, 0.4) is 0 Å².